The fourth-order valence-electron chi connectivity index (χ4n) is 3.84. The van der Waals surface area contributed by atoms with Crippen molar-refractivity contribution >= 4 is 29.5 Å². The molecule has 0 bridgehead atoms. The number of alkyl halides is 2. The molecule has 8 nitrogen and oxygen atoms in total. The summed E-state index contributed by atoms with van der Waals surface area (Å²) in [6.07, 6.45) is -0.325. The van der Waals surface area contributed by atoms with E-state index in [2.05, 4.69) is 10.6 Å². The molecular formula is C23H21F2N3O5. The lowest BCUT2D eigenvalue weighted by Gasteiger charge is -2.29. The number of nitrogens with zero attached hydrogens (tertiary/aromatic N) is 1. The number of fused-ring (bicyclic) bond motifs is 1. The number of imide groups is 1. The van der Waals surface area contributed by atoms with Crippen LogP contribution in [-0.4, -0.2) is 34.8 Å². The van der Waals surface area contributed by atoms with Gasteiger partial charge >= 0.3 is 6.09 Å². The molecule has 4 amide bonds. The Kier molecular flexibility index (Phi) is 5.84. The second-order valence-corrected chi connectivity index (χ2v) is 8.06. The first-order valence-corrected chi connectivity index (χ1v) is 10.3. The lowest BCUT2D eigenvalue weighted by atomic mass is 10.0. The van der Waals surface area contributed by atoms with Crippen molar-refractivity contribution in [3.8, 4) is 0 Å². The molecule has 2 aliphatic rings. The summed E-state index contributed by atoms with van der Waals surface area (Å²) in [7, 11) is 0. The molecule has 1 unspecified atom stereocenters. The summed E-state index contributed by atoms with van der Waals surface area (Å²) in [6, 6.07) is 9.50. The van der Waals surface area contributed by atoms with E-state index in [1.807, 2.05) is 0 Å². The van der Waals surface area contributed by atoms with E-state index in [1.54, 1.807) is 18.2 Å². The molecule has 4 rings (SSSR count). The maximum Gasteiger partial charge on any atom is 0.411 e. The van der Waals surface area contributed by atoms with E-state index in [0.29, 0.717) is 16.8 Å². The van der Waals surface area contributed by atoms with Gasteiger partial charge in [-0.15, -0.1) is 0 Å². The van der Waals surface area contributed by atoms with Gasteiger partial charge in [0.1, 0.15) is 12.6 Å². The fourth-order valence-corrected chi connectivity index (χ4v) is 3.84. The Morgan fingerprint density at radius 2 is 1.91 bits per heavy atom. The Hall–Kier alpha value is -3.82. The third-order valence-corrected chi connectivity index (χ3v) is 5.60. The minimum Gasteiger partial charge on any atom is -0.444 e. The Bertz CT molecular complexity index is 1130. The zero-order valence-electron chi connectivity index (χ0n) is 17.7. The third kappa shape index (κ3) is 4.84. The standard InChI is InChI=1S/C23H21F2N3O5/c1-23(24,25)15-4-6-16(7-5-15)26-22(32)33-12-13-2-3-14-11-28(21(31)17(14)10-13)18-8-9-19(29)27-20(18)30/h2-7,10,18H,8-9,11-12H2,1H3,(H,26,32)(H,27,29,30). The van der Waals surface area contributed by atoms with Crippen LogP contribution >= 0.6 is 0 Å². The fraction of sp³-hybridized carbons (Fsp3) is 0.304. The first-order chi connectivity index (χ1) is 15.6. The predicted octanol–water partition coefficient (Wildman–Crippen LogP) is 3.31. The molecule has 33 heavy (non-hydrogen) atoms. The molecule has 1 atom stereocenters. The number of hydrogen-bond acceptors (Lipinski definition) is 5. The van der Waals surface area contributed by atoms with Gasteiger partial charge in [-0.1, -0.05) is 24.3 Å². The number of hydrogen-bond donors (Lipinski definition) is 2. The van der Waals surface area contributed by atoms with Gasteiger partial charge in [0, 0.05) is 36.7 Å². The van der Waals surface area contributed by atoms with Crippen LogP contribution in [0.5, 0.6) is 0 Å². The van der Waals surface area contributed by atoms with Crippen molar-refractivity contribution in [1.29, 1.82) is 0 Å². The van der Waals surface area contributed by atoms with Crippen LogP contribution in [0.4, 0.5) is 19.3 Å². The molecule has 0 aromatic heterocycles. The maximum absolute atomic E-state index is 13.3. The van der Waals surface area contributed by atoms with Crippen molar-refractivity contribution in [1.82, 2.24) is 10.2 Å². The molecule has 0 spiro atoms. The van der Waals surface area contributed by atoms with Crippen LogP contribution < -0.4 is 10.6 Å². The highest BCUT2D eigenvalue weighted by Gasteiger charge is 2.39. The molecule has 2 aromatic carbocycles. The van der Waals surface area contributed by atoms with Crippen LogP contribution in [0.1, 0.15) is 46.8 Å². The number of carbonyl (C=O) groups is 4. The number of benzene rings is 2. The molecule has 0 saturated carbocycles. The van der Waals surface area contributed by atoms with E-state index in [1.165, 1.54) is 29.2 Å². The summed E-state index contributed by atoms with van der Waals surface area (Å²) in [5.74, 6) is -4.13. The molecule has 0 aliphatic carbocycles. The summed E-state index contributed by atoms with van der Waals surface area (Å²) in [4.78, 5) is 49.8. The highest BCUT2D eigenvalue weighted by Crippen LogP contribution is 2.29. The van der Waals surface area contributed by atoms with E-state index in [-0.39, 0.29) is 43.4 Å². The average Bonchev–Trinajstić information content (AvgIpc) is 3.08. The number of anilines is 1. The van der Waals surface area contributed by atoms with Gasteiger partial charge < -0.3 is 9.64 Å². The van der Waals surface area contributed by atoms with E-state index in [0.717, 1.165) is 12.5 Å². The van der Waals surface area contributed by atoms with Crippen LogP contribution in [0.3, 0.4) is 0 Å². The summed E-state index contributed by atoms with van der Waals surface area (Å²) >= 11 is 0. The average molecular weight is 457 g/mol. The van der Waals surface area contributed by atoms with Crippen molar-refractivity contribution in [3.63, 3.8) is 0 Å². The van der Waals surface area contributed by atoms with Gasteiger partial charge in [0.15, 0.2) is 0 Å². The molecule has 10 heteroatoms. The zero-order chi connectivity index (χ0) is 23.8. The number of ether oxygens (including phenoxy) is 1. The lowest BCUT2D eigenvalue weighted by molar-refractivity contribution is -0.136. The maximum atomic E-state index is 13.3. The lowest BCUT2D eigenvalue weighted by Crippen LogP contribution is -2.52. The van der Waals surface area contributed by atoms with E-state index >= 15 is 0 Å². The highest BCUT2D eigenvalue weighted by atomic mass is 19.3. The van der Waals surface area contributed by atoms with Crippen molar-refractivity contribution in [2.45, 2.75) is 44.9 Å². The molecule has 172 valence electrons. The topological polar surface area (TPSA) is 105 Å². The number of nitrogens with one attached hydrogen (secondary N) is 2. The minimum absolute atomic E-state index is 0.115. The Morgan fingerprint density at radius 3 is 2.58 bits per heavy atom. The highest BCUT2D eigenvalue weighted by molar-refractivity contribution is 6.05. The van der Waals surface area contributed by atoms with E-state index in [9.17, 15) is 28.0 Å². The van der Waals surface area contributed by atoms with Gasteiger partial charge in [0.25, 0.3) is 11.8 Å². The summed E-state index contributed by atoms with van der Waals surface area (Å²) < 4.78 is 31.7. The van der Waals surface area contributed by atoms with Crippen LogP contribution in [0.25, 0.3) is 0 Å². The zero-order valence-corrected chi connectivity index (χ0v) is 17.7. The molecule has 2 aromatic rings. The van der Waals surface area contributed by atoms with Crippen molar-refractivity contribution < 1.29 is 32.7 Å². The summed E-state index contributed by atoms with van der Waals surface area (Å²) in [5.41, 5.74) is 1.86. The smallest absolute Gasteiger partial charge is 0.411 e. The first-order valence-electron chi connectivity index (χ1n) is 10.3. The minimum atomic E-state index is -2.97. The number of rotatable bonds is 5. The second kappa shape index (κ2) is 8.61. The normalized spacial score (nSPS) is 18.1. The van der Waals surface area contributed by atoms with Gasteiger partial charge in [-0.2, -0.15) is 0 Å². The summed E-state index contributed by atoms with van der Waals surface area (Å²) in [6.45, 7) is 0.930. The Morgan fingerprint density at radius 1 is 1.18 bits per heavy atom. The molecule has 2 heterocycles. The molecule has 2 aliphatic heterocycles. The number of piperidine rings is 1. The van der Waals surface area contributed by atoms with Gasteiger partial charge in [0.05, 0.1) is 0 Å². The molecule has 1 saturated heterocycles. The van der Waals surface area contributed by atoms with Crippen LogP contribution in [0.15, 0.2) is 42.5 Å². The first kappa shape index (κ1) is 22.4. The second-order valence-electron chi connectivity index (χ2n) is 8.06. The number of carbonyl (C=O) groups excluding carboxylic acids is 4. The van der Waals surface area contributed by atoms with Crippen molar-refractivity contribution in [3.05, 3.63) is 64.7 Å². The number of amides is 4. The van der Waals surface area contributed by atoms with Gasteiger partial charge in [-0.25, -0.2) is 13.6 Å². The van der Waals surface area contributed by atoms with Gasteiger partial charge in [-0.3, -0.25) is 25.0 Å². The van der Waals surface area contributed by atoms with Crippen molar-refractivity contribution in [2.24, 2.45) is 0 Å². The van der Waals surface area contributed by atoms with Crippen LogP contribution in [-0.2, 0) is 33.4 Å². The van der Waals surface area contributed by atoms with Gasteiger partial charge in [-0.05, 0) is 35.7 Å². The third-order valence-electron chi connectivity index (χ3n) is 5.60. The van der Waals surface area contributed by atoms with E-state index in [4.69, 9.17) is 4.74 Å². The molecular weight excluding hydrogens is 436 g/mol. The Balaban J connectivity index is 1.35. The quantitative estimate of drug-likeness (QED) is 0.671. The summed E-state index contributed by atoms with van der Waals surface area (Å²) in [5, 5.41) is 4.71. The van der Waals surface area contributed by atoms with Crippen molar-refractivity contribution in [2.75, 3.05) is 5.32 Å². The predicted molar refractivity (Wildman–Crippen MR) is 112 cm³/mol. The Labute approximate surface area is 187 Å². The van der Waals surface area contributed by atoms with E-state index < -0.39 is 24.0 Å². The molecule has 2 N–H and O–H groups in total. The van der Waals surface area contributed by atoms with Gasteiger partial charge in [0.2, 0.25) is 11.8 Å². The van der Waals surface area contributed by atoms with Crippen LogP contribution in [0.2, 0.25) is 0 Å². The number of halogens is 2. The molecule has 0 radical (unpaired) electrons. The SMILES string of the molecule is CC(F)(F)c1ccc(NC(=O)OCc2ccc3c(c2)C(=O)N(C2CCC(=O)NC2=O)C3)cc1. The largest absolute Gasteiger partial charge is 0.444 e. The monoisotopic (exact) mass is 457 g/mol. The molecule has 1 fully saturated rings. The van der Waals surface area contributed by atoms with Crippen LogP contribution in [0, 0.1) is 0 Å².